The lowest BCUT2D eigenvalue weighted by atomic mass is 10.1. The van der Waals surface area contributed by atoms with Gasteiger partial charge in [-0.05, 0) is 67.9 Å². The minimum atomic E-state index is -0.363. The van der Waals surface area contributed by atoms with Gasteiger partial charge in [0.1, 0.15) is 5.75 Å². The summed E-state index contributed by atoms with van der Waals surface area (Å²) in [4.78, 5) is 41.4. The number of amides is 3. The molecular weight excluding hydrogens is 540 g/mol. The zero-order valence-corrected chi connectivity index (χ0v) is 22.6. The molecule has 2 heterocycles. The monoisotopic (exact) mass is 572 g/mol. The summed E-state index contributed by atoms with van der Waals surface area (Å²) in [6.07, 6.45) is 1.07. The molecule has 4 rings (SSSR count). The Balaban J connectivity index is 1.20. The molecule has 37 heavy (non-hydrogen) atoms. The maximum absolute atomic E-state index is 12.6. The topological polar surface area (TPSA) is 100 Å². The van der Waals surface area contributed by atoms with Crippen molar-refractivity contribution >= 4 is 45.0 Å². The van der Waals surface area contributed by atoms with Gasteiger partial charge in [-0.3, -0.25) is 19.3 Å². The molecule has 10 heteroatoms. The quantitative estimate of drug-likeness (QED) is 0.424. The number of anilines is 2. The molecule has 2 saturated heterocycles. The van der Waals surface area contributed by atoms with Crippen LogP contribution in [0.4, 0.5) is 11.4 Å². The van der Waals surface area contributed by atoms with Crippen LogP contribution in [0.15, 0.2) is 46.9 Å². The van der Waals surface area contributed by atoms with E-state index in [0.29, 0.717) is 24.5 Å². The number of halogens is 1. The van der Waals surface area contributed by atoms with Gasteiger partial charge in [-0.2, -0.15) is 0 Å². The van der Waals surface area contributed by atoms with Gasteiger partial charge in [-0.1, -0.05) is 15.9 Å². The molecule has 0 saturated carbocycles. The number of hydrogen-bond donors (Lipinski definition) is 2. The van der Waals surface area contributed by atoms with E-state index in [4.69, 9.17) is 9.47 Å². The van der Waals surface area contributed by atoms with Crippen LogP contribution in [0.5, 0.6) is 5.75 Å². The van der Waals surface area contributed by atoms with Crippen molar-refractivity contribution in [3.05, 3.63) is 52.5 Å². The van der Waals surface area contributed by atoms with Crippen LogP contribution in [0.3, 0.4) is 0 Å². The van der Waals surface area contributed by atoms with Crippen molar-refractivity contribution in [1.82, 2.24) is 10.2 Å². The fourth-order valence-corrected chi connectivity index (χ4v) is 4.92. The second-order valence-corrected chi connectivity index (χ2v) is 10.2. The fraction of sp³-hybridized carbons (Fsp3) is 0.444. The normalized spacial score (nSPS) is 18.1. The predicted molar refractivity (Wildman–Crippen MR) is 145 cm³/mol. The van der Waals surface area contributed by atoms with Gasteiger partial charge in [0.05, 0.1) is 19.1 Å². The van der Waals surface area contributed by atoms with E-state index < -0.39 is 0 Å². The second kappa shape index (κ2) is 13.0. The number of carbonyl (C=O) groups excluding carboxylic acids is 3. The van der Waals surface area contributed by atoms with E-state index in [9.17, 15) is 14.4 Å². The molecule has 9 nitrogen and oxygen atoms in total. The van der Waals surface area contributed by atoms with E-state index in [2.05, 4.69) is 31.5 Å². The summed E-state index contributed by atoms with van der Waals surface area (Å²) >= 11 is 3.41. The molecule has 1 atom stereocenters. The van der Waals surface area contributed by atoms with Crippen LogP contribution in [0.25, 0.3) is 0 Å². The number of nitrogens with one attached hydrogen (secondary N) is 2. The number of morpholine rings is 1. The third kappa shape index (κ3) is 7.77. The van der Waals surface area contributed by atoms with Crippen LogP contribution in [0, 0.1) is 12.8 Å². The lowest BCUT2D eigenvalue weighted by Gasteiger charge is -2.26. The van der Waals surface area contributed by atoms with Gasteiger partial charge < -0.3 is 25.0 Å². The molecule has 2 N–H and O–H groups in total. The van der Waals surface area contributed by atoms with Crippen molar-refractivity contribution in [3.8, 4) is 5.75 Å². The number of aryl methyl sites for hydroxylation is 1. The fourth-order valence-electron chi connectivity index (χ4n) is 4.44. The Kier molecular flexibility index (Phi) is 9.54. The lowest BCUT2D eigenvalue weighted by molar-refractivity contribution is -0.126. The first kappa shape index (κ1) is 27.1. The van der Waals surface area contributed by atoms with Gasteiger partial charge in [0.15, 0.2) is 6.61 Å². The first-order valence-corrected chi connectivity index (χ1v) is 13.4. The standard InChI is InChI=1S/C27H33BrN4O5/c1-19-15-21(28)3-8-24(19)30-25(33)18-37-23-6-4-22(5-7-23)32-17-20(16-26(32)34)27(35)29-9-2-10-31-11-13-36-14-12-31/h3-8,15,20H,2,9-14,16-18H2,1H3,(H,29,35)(H,30,33)/t20-/m1/s1. The highest BCUT2D eigenvalue weighted by molar-refractivity contribution is 9.10. The number of rotatable bonds is 10. The molecule has 0 aliphatic carbocycles. The zero-order chi connectivity index (χ0) is 26.2. The maximum Gasteiger partial charge on any atom is 0.262 e. The summed E-state index contributed by atoms with van der Waals surface area (Å²) in [7, 11) is 0. The number of carbonyl (C=O) groups is 3. The molecule has 2 fully saturated rings. The number of benzene rings is 2. The third-order valence-corrected chi connectivity index (χ3v) is 7.02. The molecule has 0 bridgehead atoms. The Labute approximate surface area is 225 Å². The van der Waals surface area contributed by atoms with Crippen molar-refractivity contribution in [3.63, 3.8) is 0 Å². The molecule has 0 aromatic heterocycles. The number of ether oxygens (including phenoxy) is 2. The van der Waals surface area contributed by atoms with Crippen LogP contribution in [0.1, 0.15) is 18.4 Å². The smallest absolute Gasteiger partial charge is 0.262 e. The average Bonchev–Trinajstić information content (AvgIpc) is 3.29. The van der Waals surface area contributed by atoms with Crippen LogP contribution in [0.2, 0.25) is 0 Å². The highest BCUT2D eigenvalue weighted by Crippen LogP contribution is 2.27. The molecule has 0 spiro atoms. The van der Waals surface area contributed by atoms with Crippen molar-refractivity contribution < 1.29 is 23.9 Å². The minimum absolute atomic E-state index is 0.0774. The number of hydrogen-bond acceptors (Lipinski definition) is 6. The lowest BCUT2D eigenvalue weighted by Crippen LogP contribution is -2.39. The number of nitrogens with zero attached hydrogens (tertiary/aromatic N) is 2. The summed E-state index contributed by atoms with van der Waals surface area (Å²) in [5.41, 5.74) is 2.38. The second-order valence-electron chi connectivity index (χ2n) is 9.29. The molecule has 2 aliphatic heterocycles. The van der Waals surface area contributed by atoms with Crippen molar-refractivity contribution in [1.29, 1.82) is 0 Å². The van der Waals surface area contributed by atoms with Gasteiger partial charge in [-0.15, -0.1) is 0 Å². The largest absolute Gasteiger partial charge is 0.484 e. The maximum atomic E-state index is 12.6. The summed E-state index contributed by atoms with van der Waals surface area (Å²) in [6.45, 7) is 7.06. The first-order chi connectivity index (χ1) is 17.9. The Hall–Kier alpha value is -2.95. The molecule has 2 aromatic rings. The SMILES string of the molecule is Cc1cc(Br)ccc1NC(=O)COc1ccc(N2C[C@H](C(=O)NCCCN3CCOCC3)CC2=O)cc1. The van der Waals surface area contributed by atoms with Crippen LogP contribution < -0.4 is 20.3 Å². The first-order valence-electron chi connectivity index (χ1n) is 12.6. The molecule has 2 aromatic carbocycles. The predicted octanol–water partition coefficient (Wildman–Crippen LogP) is 2.97. The Morgan fingerprint density at radius 1 is 1.14 bits per heavy atom. The van der Waals surface area contributed by atoms with E-state index in [1.807, 2.05) is 25.1 Å². The van der Waals surface area contributed by atoms with E-state index in [1.165, 1.54) is 0 Å². The molecule has 0 unspecified atom stereocenters. The van der Waals surface area contributed by atoms with E-state index in [1.54, 1.807) is 29.2 Å². The van der Waals surface area contributed by atoms with Crippen molar-refractivity contribution in [2.75, 3.05) is 62.8 Å². The van der Waals surface area contributed by atoms with Gasteiger partial charge in [0.25, 0.3) is 5.91 Å². The van der Waals surface area contributed by atoms with Crippen LogP contribution in [-0.4, -0.2) is 75.2 Å². The zero-order valence-electron chi connectivity index (χ0n) is 21.0. The van der Waals surface area contributed by atoms with E-state index >= 15 is 0 Å². The average molecular weight is 573 g/mol. The van der Waals surface area contributed by atoms with Crippen LogP contribution in [-0.2, 0) is 19.1 Å². The Morgan fingerprint density at radius 2 is 1.89 bits per heavy atom. The summed E-state index contributed by atoms with van der Waals surface area (Å²) in [6, 6.07) is 12.6. The van der Waals surface area contributed by atoms with Gasteiger partial charge in [0, 0.05) is 48.4 Å². The highest BCUT2D eigenvalue weighted by atomic mass is 79.9. The van der Waals surface area contributed by atoms with Gasteiger partial charge in [-0.25, -0.2) is 0 Å². The Morgan fingerprint density at radius 3 is 2.62 bits per heavy atom. The minimum Gasteiger partial charge on any atom is -0.484 e. The molecule has 198 valence electrons. The third-order valence-electron chi connectivity index (χ3n) is 6.53. The van der Waals surface area contributed by atoms with Gasteiger partial charge in [0.2, 0.25) is 11.8 Å². The summed E-state index contributed by atoms with van der Waals surface area (Å²) in [5, 5.41) is 5.82. The summed E-state index contributed by atoms with van der Waals surface area (Å²) in [5.74, 6) is -0.260. The van der Waals surface area contributed by atoms with E-state index in [-0.39, 0.29) is 36.7 Å². The van der Waals surface area contributed by atoms with Gasteiger partial charge >= 0.3 is 0 Å². The molecule has 0 radical (unpaired) electrons. The van der Waals surface area contributed by atoms with E-state index in [0.717, 1.165) is 55.0 Å². The molecule has 2 aliphatic rings. The Bertz CT molecular complexity index is 1100. The molecule has 3 amide bonds. The summed E-state index contributed by atoms with van der Waals surface area (Å²) < 4.78 is 11.9. The highest BCUT2D eigenvalue weighted by Gasteiger charge is 2.35. The van der Waals surface area contributed by atoms with Crippen molar-refractivity contribution in [2.45, 2.75) is 19.8 Å². The van der Waals surface area contributed by atoms with Crippen molar-refractivity contribution in [2.24, 2.45) is 5.92 Å². The van der Waals surface area contributed by atoms with Crippen LogP contribution >= 0.6 is 15.9 Å². The molecular formula is C27H33BrN4O5.